The first-order valence-corrected chi connectivity index (χ1v) is 14.9. The van der Waals surface area contributed by atoms with Gasteiger partial charge in [-0.3, -0.25) is 9.88 Å². The Morgan fingerprint density at radius 2 is 1.95 bits per heavy atom. The molecule has 4 saturated heterocycles. The second kappa shape index (κ2) is 9.27. The summed E-state index contributed by atoms with van der Waals surface area (Å²) in [6.45, 7) is 2.76. The van der Waals surface area contributed by atoms with Crippen LogP contribution >= 0.6 is 11.6 Å². The highest BCUT2D eigenvalue weighted by atomic mass is 35.5. The van der Waals surface area contributed by atoms with Crippen LogP contribution in [-0.2, 0) is 6.18 Å². The quantitative estimate of drug-likeness (QED) is 0.310. The van der Waals surface area contributed by atoms with E-state index in [1.54, 1.807) is 0 Å². The zero-order chi connectivity index (χ0) is 29.0. The maximum absolute atomic E-state index is 16.4. The number of anilines is 2. The van der Waals surface area contributed by atoms with E-state index in [1.807, 2.05) is 0 Å². The molecule has 5 aliphatic rings. The molecule has 1 aliphatic carbocycles. The molecule has 0 unspecified atom stereocenters. The van der Waals surface area contributed by atoms with Crippen LogP contribution in [0.4, 0.5) is 29.1 Å². The van der Waals surface area contributed by atoms with Crippen molar-refractivity contribution in [2.24, 2.45) is 5.92 Å². The number of hydrogen-bond donors (Lipinski definition) is 2. The molecule has 0 spiro atoms. The van der Waals surface area contributed by atoms with Crippen LogP contribution in [0, 0.1) is 11.7 Å². The number of piperidine rings is 1. The molecule has 8 rings (SSSR count). The summed E-state index contributed by atoms with van der Waals surface area (Å²) < 4.78 is 64.9. The summed E-state index contributed by atoms with van der Waals surface area (Å²) in [4.78, 5) is 18.0. The standard InChI is InChI=1S/C29H30ClF4N7O/c30-20-8-15(35)7-18(22(20)29(32,33)34)24-23(31)25-19(10-36-24)26(40-11-16-2-3-17(12-40)37-16)39-27(38-25)42-13-28-4-1-5-41(28)21-6-14(21)9-28/h7-8,10,14,16-17,21,37H,1-6,9,11-13,35H2/t14-,16-,17+,21-,28-/m1/s1. The monoisotopic (exact) mass is 603 g/mol. The minimum absolute atomic E-state index is 0.0166. The number of halogens is 5. The summed E-state index contributed by atoms with van der Waals surface area (Å²) in [5, 5.41) is 3.27. The van der Waals surface area contributed by atoms with Crippen molar-refractivity contribution >= 4 is 34.0 Å². The van der Waals surface area contributed by atoms with Gasteiger partial charge in [0, 0.05) is 48.7 Å². The number of aromatic nitrogens is 3. The lowest BCUT2D eigenvalue weighted by Gasteiger charge is -2.35. The zero-order valence-electron chi connectivity index (χ0n) is 22.7. The summed E-state index contributed by atoms with van der Waals surface area (Å²) in [6.07, 6.45) is 2.98. The number of pyridine rings is 1. The molecule has 222 valence electrons. The molecule has 4 aliphatic heterocycles. The Labute approximate surface area is 244 Å². The first-order valence-electron chi connectivity index (χ1n) is 14.5. The predicted octanol–water partition coefficient (Wildman–Crippen LogP) is 5.03. The smallest absolute Gasteiger partial charge is 0.418 e. The van der Waals surface area contributed by atoms with E-state index in [1.165, 1.54) is 12.6 Å². The van der Waals surface area contributed by atoms with Crippen molar-refractivity contribution in [2.75, 3.05) is 36.9 Å². The van der Waals surface area contributed by atoms with Crippen LogP contribution in [0.25, 0.3) is 22.2 Å². The van der Waals surface area contributed by atoms with E-state index in [4.69, 9.17) is 27.1 Å². The van der Waals surface area contributed by atoms with Crippen molar-refractivity contribution < 1.29 is 22.3 Å². The normalized spacial score (nSPS) is 30.2. The van der Waals surface area contributed by atoms with Gasteiger partial charge in [-0.2, -0.15) is 23.1 Å². The highest BCUT2D eigenvalue weighted by Gasteiger charge is 2.61. The molecule has 1 aromatic carbocycles. The lowest BCUT2D eigenvalue weighted by Crippen LogP contribution is -2.51. The largest absolute Gasteiger partial charge is 0.461 e. The molecule has 1 saturated carbocycles. The summed E-state index contributed by atoms with van der Waals surface area (Å²) >= 11 is 5.97. The van der Waals surface area contributed by atoms with Crippen LogP contribution in [0.2, 0.25) is 5.02 Å². The van der Waals surface area contributed by atoms with Crippen LogP contribution in [0.1, 0.15) is 44.1 Å². The van der Waals surface area contributed by atoms with Crippen molar-refractivity contribution in [3.05, 3.63) is 34.7 Å². The fourth-order valence-electron chi connectivity index (χ4n) is 8.02. The number of fused-ring (bicyclic) bond motifs is 6. The number of hydrogen-bond acceptors (Lipinski definition) is 8. The van der Waals surface area contributed by atoms with Gasteiger partial charge in [-0.05, 0) is 63.1 Å². The van der Waals surface area contributed by atoms with Gasteiger partial charge in [0.15, 0.2) is 5.82 Å². The number of nitrogens with two attached hydrogens (primary N) is 1. The second-order valence-electron chi connectivity index (χ2n) is 12.6. The van der Waals surface area contributed by atoms with Crippen molar-refractivity contribution in [1.29, 1.82) is 0 Å². The van der Waals surface area contributed by atoms with Crippen molar-refractivity contribution in [3.63, 3.8) is 0 Å². The number of ether oxygens (including phenoxy) is 1. The number of nitrogen functional groups attached to an aromatic ring is 1. The Bertz CT molecular complexity index is 1590. The van der Waals surface area contributed by atoms with Gasteiger partial charge >= 0.3 is 12.2 Å². The molecule has 5 fully saturated rings. The first kappa shape index (κ1) is 26.7. The van der Waals surface area contributed by atoms with E-state index >= 15 is 4.39 Å². The Hall–Kier alpha value is -2.96. The number of piperazine rings is 1. The molecule has 42 heavy (non-hydrogen) atoms. The van der Waals surface area contributed by atoms with Crippen LogP contribution in [0.5, 0.6) is 6.01 Å². The van der Waals surface area contributed by atoms with Crippen molar-refractivity contribution in [2.45, 2.75) is 68.4 Å². The van der Waals surface area contributed by atoms with E-state index in [0.29, 0.717) is 42.9 Å². The molecule has 3 aromatic rings. The summed E-state index contributed by atoms with van der Waals surface area (Å²) in [7, 11) is 0. The lowest BCUT2D eigenvalue weighted by molar-refractivity contribution is -0.137. The Morgan fingerprint density at radius 3 is 2.71 bits per heavy atom. The third-order valence-corrected chi connectivity index (χ3v) is 10.2. The predicted molar refractivity (Wildman–Crippen MR) is 150 cm³/mol. The molecule has 2 bridgehead atoms. The summed E-state index contributed by atoms with van der Waals surface area (Å²) in [5.41, 5.74) is 3.31. The number of nitrogens with one attached hydrogen (secondary N) is 1. The molecule has 5 atom stereocenters. The van der Waals surface area contributed by atoms with E-state index in [0.717, 1.165) is 50.8 Å². The van der Waals surface area contributed by atoms with E-state index in [2.05, 4.69) is 25.1 Å². The maximum atomic E-state index is 16.4. The minimum Gasteiger partial charge on any atom is -0.461 e. The van der Waals surface area contributed by atoms with Crippen LogP contribution in [0.3, 0.4) is 0 Å². The molecule has 3 N–H and O–H groups in total. The number of alkyl halides is 3. The number of rotatable bonds is 5. The van der Waals surface area contributed by atoms with E-state index < -0.39 is 33.8 Å². The SMILES string of the molecule is Nc1cc(Cl)c(C(F)(F)F)c(-c2ncc3c(N4C[C@H]5CC[C@@H](C4)N5)nc(OC[C@]45CCCN4[C@@H]4C[C@@H]4C5)nc3c2F)c1. The van der Waals surface area contributed by atoms with Crippen LogP contribution < -0.4 is 20.7 Å². The average Bonchev–Trinajstić information content (AvgIpc) is 3.25. The first-order chi connectivity index (χ1) is 20.1. The van der Waals surface area contributed by atoms with Gasteiger partial charge in [-0.25, -0.2) is 4.39 Å². The Balaban J connectivity index is 1.24. The molecule has 6 heterocycles. The Morgan fingerprint density at radius 1 is 1.17 bits per heavy atom. The molecular formula is C29H30ClF4N7O. The Kier molecular flexibility index (Phi) is 5.88. The number of benzene rings is 1. The zero-order valence-corrected chi connectivity index (χ0v) is 23.5. The van der Waals surface area contributed by atoms with Gasteiger partial charge in [0.25, 0.3) is 0 Å². The molecule has 0 radical (unpaired) electrons. The summed E-state index contributed by atoms with van der Waals surface area (Å²) in [6, 6.07) is 3.22. The molecule has 2 aromatic heterocycles. The van der Waals surface area contributed by atoms with Gasteiger partial charge < -0.3 is 20.7 Å². The molecule has 13 heteroatoms. The fourth-order valence-corrected chi connectivity index (χ4v) is 8.35. The van der Waals surface area contributed by atoms with E-state index in [9.17, 15) is 13.2 Å². The van der Waals surface area contributed by atoms with Gasteiger partial charge in [0.05, 0.1) is 21.5 Å². The lowest BCUT2D eigenvalue weighted by atomic mass is 9.93. The van der Waals surface area contributed by atoms with Gasteiger partial charge in [-0.1, -0.05) is 11.6 Å². The maximum Gasteiger partial charge on any atom is 0.418 e. The van der Waals surface area contributed by atoms with Crippen LogP contribution in [-0.4, -0.2) is 69.8 Å². The van der Waals surface area contributed by atoms with Gasteiger partial charge in [0.2, 0.25) is 0 Å². The molecule has 0 amide bonds. The van der Waals surface area contributed by atoms with Crippen molar-refractivity contribution in [3.8, 4) is 17.3 Å². The fraction of sp³-hybridized carbons (Fsp3) is 0.552. The molecule has 8 nitrogen and oxygen atoms in total. The topological polar surface area (TPSA) is 92.4 Å². The van der Waals surface area contributed by atoms with Crippen molar-refractivity contribution in [1.82, 2.24) is 25.2 Å². The summed E-state index contributed by atoms with van der Waals surface area (Å²) in [5.74, 6) is 0.175. The molecular weight excluding hydrogens is 574 g/mol. The van der Waals surface area contributed by atoms with Crippen LogP contribution in [0.15, 0.2) is 18.3 Å². The third kappa shape index (κ3) is 4.20. The van der Waals surface area contributed by atoms with Gasteiger partial charge in [-0.15, -0.1) is 0 Å². The highest BCUT2D eigenvalue weighted by Crippen LogP contribution is 2.56. The van der Waals surface area contributed by atoms with E-state index in [-0.39, 0.29) is 34.8 Å². The highest BCUT2D eigenvalue weighted by molar-refractivity contribution is 6.32. The second-order valence-corrected chi connectivity index (χ2v) is 13.0. The third-order valence-electron chi connectivity index (χ3n) is 9.86. The van der Waals surface area contributed by atoms with Gasteiger partial charge in [0.1, 0.15) is 23.6 Å². The number of nitrogens with zero attached hydrogens (tertiary/aromatic N) is 5. The average molecular weight is 604 g/mol. The minimum atomic E-state index is -4.86.